The van der Waals surface area contributed by atoms with Crippen molar-refractivity contribution in [2.45, 2.75) is 60.3 Å². The molecular weight excluding hydrogens is 244 g/mol. The lowest BCUT2D eigenvalue weighted by Crippen LogP contribution is -2.47. The van der Waals surface area contributed by atoms with Crippen LogP contribution < -0.4 is 0 Å². The molecule has 1 atom stereocenters. The number of hydrogen-bond acceptors (Lipinski definition) is 4. The van der Waals surface area contributed by atoms with Crippen LogP contribution in [0.2, 0.25) is 0 Å². The van der Waals surface area contributed by atoms with Gasteiger partial charge >= 0.3 is 11.9 Å². The molecule has 0 aromatic rings. The van der Waals surface area contributed by atoms with E-state index < -0.39 is 17.4 Å². The van der Waals surface area contributed by atoms with Crippen LogP contribution in [0.1, 0.15) is 60.3 Å². The molecule has 0 saturated carbocycles. The average molecular weight is 272 g/mol. The highest BCUT2D eigenvalue weighted by Gasteiger charge is 2.51. The predicted octanol–water partition coefficient (Wildman–Crippen LogP) is 3.34. The number of carbonyl (C=O) groups is 2. The monoisotopic (exact) mass is 272 g/mol. The van der Waals surface area contributed by atoms with Gasteiger partial charge in [0.15, 0.2) is 5.41 Å². The standard InChI is InChI=1S/C15H28O4/c1-6-10-12(5)15(11-7-2,13(16)18-8-3)14(17)19-9-4/h12H,6-11H2,1-5H3. The maximum atomic E-state index is 12.4. The van der Waals surface area contributed by atoms with E-state index in [2.05, 4.69) is 0 Å². The first kappa shape index (κ1) is 17.9. The van der Waals surface area contributed by atoms with Crippen molar-refractivity contribution in [3.05, 3.63) is 0 Å². The van der Waals surface area contributed by atoms with Crippen LogP contribution in [0.3, 0.4) is 0 Å². The van der Waals surface area contributed by atoms with Gasteiger partial charge in [0.05, 0.1) is 13.2 Å². The Morgan fingerprint density at radius 2 is 1.42 bits per heavy atom. The summed E-state index contributed by atoms with van der Waals surface area (Å²) in [5.74, 6) is -0.942. The van der Waals surface area contributed by atoms with Crippen LogP contribution >= 0.6 is 0 Å². The van der Waals surface area contributed by atoms with Gasteiger partial charge in [-0.1, -0.05) is 33.6 Å². The van der Waals surface area contributed by atoms with Crippen molar-refractivity contribution in [1.82, 2.24) is 0 Å². The van der Waals surface area contributed by atoms with Gasteiger partial charge in [-0.05, 0) is 32.6 Å². The number of carbonyl (C=O) groups excluding carboxylic acids is 2. The highest BCUT2D eigenvalue weighted by atomic mass is 16.6. The molecule has 0 radical (unpaired) electrons. The summed E-state index contributed by atoms with van der Waals surface area (Å²) < 4.78 is 10.3. The first-order valence-corrected chi connectivity index (χ1v) is 7.35. The van der Waals surface area contributed by atoms with Gasteiger partial charge in [-0.3, -0.25) is 9.59 Å². The maximum Gasteiger partial charge on any atom is 0.323 e. The van der Waals surface area contributed by atoms with Gasteiger partial charge in [-0.2, -0.15) is 0 Å². The van der Waals surface area contributed by atoms with E-state index in [1.54, 1.807) is 13.8 Å². The Kier molecular flexibility index (Phi) is 8.44. The fourth-order valence-electron chi connectivity index (χ4n) is 2.53. The molecule has 0 aliphatic carbocycles. The van der Waals surface area contributed by atoms with Crippen LogP contribution in [-0.4, -0.2) is 25.2 Å². The number of hydrogen-bond donors (Lipinski definition) is 0. The van der Waals surface area contributed by atoms with Gasteiger partial charge in [0.25, 0.3) is 0 Å². The third kappa shape index (κ3) is 4.22. The summed E-state index contributed by atoms with van der Waals surface area (Å²) >= 11 is 0. The molecule has 19 heavy (non-hydrogen) atoms. The minimum Gasteiger partial charge on any atom is -0.465 e. The fraction of sp³-hybridized carbons (Fsp3) is 0.867. The smallest absolute Gasteiger partial charge is 0.323 e. The minimum absolute atomic E-state index is 0.0736. The van der Waals surface area contributed by atoms with Gasteiger partial charge < -0.3 is 9.47 Å². The Morgan fingerprint density at radius 1 is 0.947 bits per heavy atom. The Labute approximate surface area is 116 Å². The van der Waals surface area contributed by atoms with Crippen molar-refractivity contribution in [1.29, 1.82) is 0 Å². The zero-order valence-electron chi connectivity index (χ0n) is 13.0. The summed E-state index contributed by atoms with van der Waals surface area (Å²) in [6.07, 6.45) is 2.95. The van der Waals surface area contributed by atoms with Gasteiger partial charge in [0.2, 0.25) is 0 Å². The fourth-order valence-corrected chi connectivity index (χ4v) is 2.53. The van der Waals surface area contributed by atoms with Crippen molar-refractivity contribution in [2.24, 2.45) is 11.3 Å². The molecule has 0 N–H and O–H groups in total. The van der Waals surface area contributed by atoms with E-state index in [1.165, 1.54) is 0 Å². The van der Waals surface area contributed by atoms with Gasteiger partial charge in [-0.15, -0.1) is 0 Å². The zero-order chi connectivity index (χ0) is 14.9. The van der Waals surface area contributed by atoms with Crippen molar-refractivity contribution in [3.63, 3.8) is 0 Å². The van der Waals surface area contributed by atoms with Crippen LogP contribution in [0.4, 0.5) is 0 Å². The van der Waals surface area contributed by atoms with Gasteiger partial charge in [0.1, 0.15) is 0 Å². The van der Waals surface area contributed by atoms with E-state index in [0.717, 1.165) is 19.3 Å². The van der Waals surface area contributed by atoms with Gasteiger partial charge in [-0.25, -0.2) is 0 Å². The third-order valence-corrected chi connectivity index (χ3v) is 3.49. The maximum absolute atomic E-state index is 12.4. The number of rotatable bonds is 9. The third-order valence-electron chi connectivity index (χ3n) is 3.49. The molecule has 0 aromatic heterocycles. The highest BCUT2D eigenvalue weighted by Crippen LogP contribution is 2.38. The second-order valence-electron chi connectivity index (χ2n) is 4.85. The highest BCUT2D eigenvalue weighted by molar-refractivity contribution is 6.00. The molecule has 0 bridgehead atoms. The SMILES string of the molecule is CCCC(C)C(CCC)(C(=O)OCC)C(=O)OCC. The van der Waals surface area contributed by atoms with Crippen LogP contribution in [-0.2, 0) is 19.1 Å². The summed E-state index contributed by atoms with van der Waals surface area (Å²) in [6, 6.07) is 0. The lowest BCUT2D eigenvalue weighted by Gasteiger charge is -2.34. The molecule has 0 aromatic carbocycles. The summed E-state index contributed by atoms with van der Waals surface area (Å²) in [5, 5.41) is 0. The summed E-state index contributed by atoms with van der Waals surface area (Å²) in [7, 11) is 0. The van der Waals surface area contributed by atoms with E-state index in [1.807, 2.05) is 20.8 Å². The largest absolute Gasteiger partial charge is 0.465 e. The molecule has 0 spiro atoms. The lowest BCUT2D eigenvalue weighted by atomic mass is 9.71. The summed E-state index contributed by atoms with van der Waals surface area (Å²) in [6.45, 7) is 10.0. The molecule has 4 nitrogen and oxygen atoms in total. The molecular formula is C15H28O4. The van der Waals surface area contributed by atoms with E-state index in [0.29, 0.717) is 6.42 Å². The second-order valence-corrected chi connectivity index (χ2v) is 4.85. The molecule has 0 heterocycles. The van der Waals surface area contributed by atoms with E-state index in [-0.39, 0.29) is 19.1 Å². The van der Waals surface area contributed by atoms with Crippen LogP contribution in [0.25, 0.3) is 0 Å². The zero-order valence-corrected chi connectivity index (χ0v) is 13.0. The summed E-state index contributed by atoms with van der Waals surface area (Å²) in [5.41, 5.74) is -1.14. The minimum atomic E-state index is -1.14. The Bertz CT molecular complexity index is 268. The Balaban J connectivity index is 5.44. The molecule has 4 heteroatoms. The van der Waals surface area contributed by atoms with Crippen LogP contribution in [0.5, 0.6) is 0 Å². The Morgan fingerprint density at radius 3 is 1.74 bits per heavy atom. The molecule has 0 aliphatic rings. The lowest BCUT2D eigenvalue weighted by molar-refractivity contribution is -0.177. The average Bonchev–Trinajstić information content (AvgIpc) is 2.36. The number of esters is 2. The molecule has 0 amide bonds. The molecule has 0 rings (SSSR count). The van der Waals surface area contributed by atoms with Crippen molar-refractivity contribution in [2.75, 3.05) is 13.2 Å². The second kappa shape index (κ2) is 8.94. The van der Waals surface area contributed by atoms with E-state index in [9.17, 15) is 9.59 Å². The first-order chi connectivity index (χ1) is 9.00. The van der Waals surface area contributed by atoms with Crippen LogP contribution in [0, 0.1) is 11.3 Å². The molecule has 0 aliphatic heterocycles. The normalized spacial score (nSPS) is 12.9. The van der Waals surface area contributed by atoms with Crippen molar-refractivity contribution < 1.29 is 19.1 Å². The Hall–Kier alpha value is -1.06. The van der Waals surface area contributed by atoms with E-state index >= 15 is 0 Å². The number of ether oxygens (including phenoxy) is 2. The molecule has 112 valence electrons. The van der Waals surface area contributed by atoms with Crippen molar-refractivity contribution in [3.8, 4) is 0 Å². The summed E-state index contributed by atoms with van der Waals surface area (Å²) in [4.78, 5) is 24.7. The predicted molar refractivity (Wildman–Crippen MR) is 74.7 cm³/mol. The van der Waals surface area contributed by atoms with Gasteiger partial charge in [0, 0.05) is 0 Å². The quantitative estimate of drug-likeness (QED) is 0.477. The van der Waals surface area contributed by atoms with Crippen molar-refractivity contribution >= 4 is 11.9 Å². The van der Waals surface area contributed by atoms with Crippen LogP contribution in [0.15, 0.2) is 0 Å². The topological polar surface area (TPSA) is 52.6 Å². The molecule has 1 unspecified atom stereocenters. The van der Waals surface area contributed by atoms with E-state index in [4.69, 9.17) is 9.47 Å². The first-order valence-electron chi connectivity index (χ1n) is 7.35. The molecule has 0 saturated heterocycles. The molecule has 0 fully saturated rings.